The summed E-state index contributed by atoms with van der Waals surface area (Å²) in [6.45, 7) is 0.489. The quantitative estimate of drug-likeness (QED) is 0.917. The van der Waals surface area contributed by atoms with Gasteiger partial charge in [0, 0.05) is 31.9 Å². The van der Waals surface area contributed by atoms with E-state index in [1.54, 1.807) is 48.3 Å². The summed E-state index contributed by atoms with van der Waals surface area (Å²) >= 11 is 0. The van der Waals surface area contributed by atoms with Crippen molar-refractivity contribution >= 4 is 11.7 Å². The summed E-state index contributed by atoms with van der Waals surface area (Å²) in [5, 5.41) is 6.83. The lowest BCUT2D eigenvalue weighted by molar-refractivity contribution is 0.220. The van der Waals surface area contributed by atoms with Crippen LogP contribution in [0.4, 0.5) is 10.5 Å². The summed E-state index contributed by atoms with van der Waals surface area (Å²) in [5.41, 5.74) is 1.59. The second-order valence-electron chi connectivity index (χ2n) is 4.40. The van der Waals surface area contributed by atoms with E-state index in [1.165, 1.54) is 0 Å². The van der Waals surface area contributed by atoms with Crippen molar-refractivity contribution in [2.24, 2.45) is 7.05 Å². The third kappa shape index (κ3) is 3.47. The molecule has 2 rings (SSSR count). The van der Waals surface area contributed by atoms with E-state index in [0.717, 1.165) is 5.56 Å². The standard InChI is InChI=1S/C13H17N5O2/c1-17(8-10-6-15-18(2)9-10)13(19)16-11-4-5-12(20-3)14-7-11/h4-7,9H,8H2,1-3H3,(H,16,19). The molecule has 0 aliphatic rings. The molecule has 0 unspecified atom stereocenters. The molecule has 0 aromatic carbocycles. The van der Waals surface area contributed by atoms with Crippen LogP contribution in [-0.2, 0) is 13.6 Å². The predicted molar refractivity (Wildman–Crippen MR) is 74.5 cm³/mol. The number of nitrogens with one attached hydrogen (secondary N) is 1. The maximum Gasteiger partial charge on any atom is 0.321 e. The smallest absolute Gasteiger partial charge is 0.321 e. The topological polar surface area (TPSA) is 72.3 Å². The van der Waals surface area contributed by atoms with E-state index in [-0.39, 0.29) is 6.03 Å². The van der Waals surface area contributed by atoms with Gasteiger partial charge >= 0.3 is 6.03 Å². The average Bonchev–Trinajstić information content (AvgIpc) is 2.85. The average molecular weight is 275 g/mol. The molecule has 0 saturated carbocycles. The molecule has 2 aromatic rings. The molecule has 0 aliphatic heterocycles. The fourth-order valence-electron chi connectivity index (χ4n) is 1.69. The molecule has 0 fully saturated rings. The Bertz CT molecular complexity index is 579. The summed E-state index contributed by atoms with van der Waals surface area (Å²) < 4.78 is 6.66. The Morgan fingerprint density at radius 1 is 1.45 bits per heavy atom. The molecular formula is C13H17N5O2. The predicted octanol–water partition coefficient (Wildman–Crippen LogP) is 1.49. The zero-order chi connectivity index (χ0) is 14.5. The van der Waals surface area contributed by atoms with Gasteiger partial charge in [0.2, 0.25) is 5.88 Å². The summed E-state index contributed by atoms with van der Waals surface area (Å²) in [5.74, 6) is 0.506. The molecule has 2 heterocycles. The maximum absolute atomic E-state index is 12.0. The van der Waals surface area contributed by atoms with E-state index in [1.807, 2.05) is 13.2 Å². The number of amides is 2. The highest BCUT2D eigenvalue weighted by Crippen LogP contribution is 2.12. The van der Waals surface area contributed by atoms with Gasteiger partial charge in [0.15, 0.2) is 0 Å². The van der Waals surface area contributed by atoms with Crippen LogP contribution in [0.1, 0.15) is 5.56 Å². The van der Waals surface area contributed by atoms with E-state index >= 15 is 0 Å². The SMILES string of the molecule is COc1ccc(NC(=O)N(C)Cc2cnn(C)c2)cn1. The van der Waals surface area contributed by atoms with Crippen molar-refractivity contribution in [1.82, 2.24) is 19.7 Å². The highest BCUT2D eigenvalue weighted by Gasteiger charge is 2.10. The van der Waals surface area contributed by atoms with Crippen molar-refractivity contribution in [1.29, 1.82) is 0 Å². The number of anilines is 1. The number of carbonyl (C=O) groups is 1. The summed E-state index contributed by atoms with van der Waals surface area (Å²) in [4.78, 5) is 17.6. The van der Waals surface area contributed by atoms with Gasteiger partial charge in [-0.2, -0.15) is 5.10 Å². The van der Waals surface area contributed by atoms with Crippen LogP contribution in [0.2, 0.25) is 0 Å². The first-order valence-electron chi connectivity index (χ1n) is 6.08. The number of hydrogen-bond acceptors (Lipinski definition) is 4. The number of hydrogen-bond donors (Lipinski definition) is 1. The normalized spacial score (nSPS) is 10.2. The van der Waals surface area contributed by atoms with Gasteiger partial charge in [-0.25, -0.2) is 9.78 Å². The number of urea groups is 1. The van der Waals surface area contributed by atoms with Gasteiger partial charge in [0.25, 0.3) is 0 Å². The molecule has 0 bridgehead atoms. The molecule has 2 amide bonds. The van der Waals surface area contributed by atoms with Gasteiger partial charge in [-0.15, -0.1) is 0 Å². The monoisotopic (exact) mass is 275 g/mol. The maximum atomic E-state index is 12.0. The molecule has 1 N–H and O–H groups in total. The molecule has 0 saturated heterocycles. The number of carbonyl (C=O) groups excluding carboxylic acids is 1. The van der Waals surface area contributed by atoms with Gasteiger partial charge < -0.3 is 15.0 Å². The van der Waals surface area contributed by atoms with Crippen LogP contribution in [-0.4, -0.2) is 39.9 Å². The molecule has 0 radical (unpaired) electrons. The molecule has 0 spiro atoms. The minimum Gasteiger partial charge on any atom is -0.481 e. The summed E-state index contributed by atoms with van der Waals surface area (Å²) in [7, 11) is 5.11. The van der Waals surface area contributed by atoms with Gasteiger partial charge in [0.1, 0.15) is 0 Å². The summed E-state index contributed by atoms with van der Waals surface area (Å²) in [6.07, 6.45) is 5.16. The first-order chi connectivity index (χ1) is 9.58. The van der Waals surface area contributed by atoms with Gasteiger partial charge in [-0.1, -0.05) is 0 Å². The molecule has 2 aromatic heterocycles. The number of aromatic nitrogens is 3. The lowest BCUT2D eigenvalue weighted by atomic mass is 10.3. The highest BCUT2D eigenvalue weighted by atomic mass is 16.5. The van der Waals surface area contributed by atoms with Crippen molar-refractivity contribution in [2.75, 3.05) is 19.5 Å². The molecule has 0 aliphatic carbocycles. The van der Waals surface area contributed by atoms with Crippen LogP contribution in [0.25, 0.3) is 0 Å². The third-order valence-electron chi connectivity index (χ3n) is 2.72. The molecule has 20 heavy (non-hydrogen) atoms. The van der Waals surface area contributed by atoms with Gasteiger partial charge in [-0.3, -0.25) is 4.68 Å². The van der Waals surface area contributed by atoms with Crippen LogP contribution in [0.15, 0.2) is 30.7 Å². The number of ether oxygens (including phenoxy) is 1. The van der Waals surface area contributed by atoms with E-state index in [2.05, 4.69) is 15.4 Å². The van der Waals surface area contributed by atoms with E-state index < -0.39 is 0 Å². The minimum absolute atomic E-state index is 0.208. The zero-order valence-electron chi connectivity index (χ0n) is 11.7. The number of aryl methyl sites for hydroxylation is 1. The fourth-order valence-corrected chi connectivity index (χ4v) is 1.69. The third-order valence-corrected chi connectivity index (χ3v) is 2.72. The minimum atomic E-state index is -0.208. The Balaban J connectivity index is 1.93. The number of pyridine rings is 1. The van der Waals surface area contributed by atoms with E-state index in [9.17, 15) is 4.79 Å². The summed E-state index contributed by atoms with van der Waals surface area (Å²) in [6, 6.07) is 3.22. The molecule has 7 heteroatoms. The van der Waals surface area contributed by atoms with Gasteiger partial charge in [-0.05, 0) is 6.07 Å². The molecule has 0 atom stereocenters. The lowest BCUT2D eigenvalue weighted by Crippen LogP contribution is -2.30. The molecular weight excluding hydrogens is 258 g/mol. The molecule has 7 nitrogen and oxygen atoms in total. The Kier molecular flexibility index (Phi) is 4.19. The van der Waals surface area contributed by atoms with Crippen molar-refractivity contribution in [3.63, 3.8) is 0 Å². The van der Waals surface area contributed by atoms with Crippen LogP contribution in [0, 0.1) is 0 Å². The number of rotatable bonds is 4. The van der Waals surface area contributed by atoms with Crippen LogP contribution >= 0.6 is 0 Å². The van der Waals surface area contributed by atoms with Crippen LogP contribution < -0.4 is 10.1 Å². The van der Waals surface area contributed by atoms with Crippen molar-refractivity contribution in [3.8, 4) is 5.88 Å². The number of nitrogens with zero attached hydrogens (tertiary/aromatic N) is 4. The second-order valence-corrected chi connectivity index (χ2v) is 4.40. The van der Waals surface area contributed by atoms with Crippen LogP contribution in [0.3, 0.4) is 0 Å². The van der Waals surface area contributed by atoms with Crippen molar-refractivity contribution < 1.29 is 9.53 Å². The zero-order valence-corrected chi connectivity index (χ0v) is 11.7. The van der Waals surface area contributed by atoms with E-state index in [0.29, 0.717) is 18.1 Å². The van der Waals surface area contributed by atoms with Gasteiger partial charge in [0.05, 0.1) is 31.7 Å². The Hall–Kier alpha value is -2.57. The Labute approximate surface area is 117 Å². The Morgan fingerprint density at radius 3 is 2.80 bits per heavy atom. The second kappa shape index (κ2) is 6.05. The number of methoxy groups -OCH3 is 1. The Morgan fingerprint density at radius 2 is 2.25 bits per heavy atom. The first kappa shape index (κ1) is 13.9. The highest BCUT2D eigenvalue weighted by molar-refractivity contribution is 5.88. The van der Waals surface area contributed by atoms with Crippen LogP contribution in [0.5, 0.6) is 5.88 Å². The van der Waals surface area contributed by atoms with E-state index in [4.69, 9.17) is 4.74 Å². The molecule has 106 valence electrons. The van der Waals surface area contributed by atoms with Crippen molar-refractivity contribution in [3.05, 3.63) is 36.3 Å². The fraction of sp³-hybridized carbons (Fsp3) is 0.308. The largest absolute Gasteiger partial charge is 0.481 e. The first-order valence-corrected chi connectivity index (χ1v) is 6.08. The lowest BCUT2D eigenvalue weighted by Gasteiger charge is -2.17. The van der Waals surface area contributed by atoms with Crippen molar-refractivity contribution in [2.45, 2.75) is 6.54 Å².